The van der Waals surface area contributed by atoms with Gasteiger partial charge in [-0.25, -0.2) is 0 Å². The van der Waals surface area contributed by atoms with Crippen LogP contribution in [0.15, 0.2) is 0 Å². The van der Waals surface area contributed by atoms with E-state index in [2.05, 4.69) is 17.3 Å². The maximum Gasteiger partial charge on any atom is 0.236 e. The number of terminal acetylenes is 1. The minimum Gasteiger partial charge on any atom is -0.341 e. The van der Waals surface area contributed by atoms with Crippen LogP contribution in [0.2, 0.25) is 0 Å². The van der Waals surface area contributed by atoms with Gasteiger partial charge in [-0.1, -0.05) is 5.92 Å². The average molecular weight is 207 g/mol. The lowest BCUT2D eigenvalue weighted by atomic mass is 10.2. The van der Waals surface area contributed by atoms with Gasteiger partial charge in [0.1, 0.15) is 0 Å². The number of amides is 1. The third-order valence-corrected chi connectivity index (χ3v) is 1.95. The van der Waals surface area contributed by atoms with Crippen LogP contribution in [-0.2, 0) is 4.79 Å². The maximum atomic E-state index is 11.6. The Balaban J connectivity index is 4.01. The summed E-state index contributed by atoms with van der Waals surface area (Å²) in [7, 11) is 0. The summed E-state index contributed by atoms with van der Waals surface area (Å²) in [5.74, 6) is 2.24. The van der Waals surface area contributed by atoms with Crippen LogP contribution in [0.4, 0.5) is 0 Å². The molecule has 1 unspecified atom stereocenters. The lowest BCUT2D eigenvalue weighted by Crippen LogP contribution is -2.40. The van der Waals surface area contributed by atoms with Crippen molar-refractivity contribution in [3.05, 3.63) is 0 Å². The van der Waals surface area contributed by atoms with Crippen LogP contribution in [-0.4, -0.2) is 37.0 Å². The molecule has 0 fully saturated rings. The highest BCUT2D eigenvalue weighted by atomic mass is 16.2. The number of carbonyl (C=O) groups excluding carboxylic acids is 1. The van der Waals surface area contributed by atoms with E-state index in [1.807, 2.05) is 6.92 Å². The number of rotatable bonds is 6. The molecule has 0 bridgehead atoms. The van der Waals surface area contributed by atoms with Crippen molar-refractivity contribution in [2.45, 2.75) is 13.8 Å². The van der Waals surface area contributed by atoms with E-state index in [9.17, 15) is 4.79 Å². The molecule has 0 aromatic carbocycles. The molecule has 0 aliphatic rings. The normalized spacial score (nSPS) is 11.2. The molecule has 1 atom stereocenters. The Labute approximate surface area is 91.3 Å². The Bertz CT molecular complexity index is 275. The van der Waals surface area contributed by atoms with Gasteiger partial charge in [0.25, 0.3) is 0 Å². The number of nitrogens with one attached hydrogen (secondary N) is 1. The number of nitrogens with zero attached hydrogens (tertiary/aromatic N) is 2. The first-order chi connectivity index (χ1) is 7.15. The molecule has 0 heterocycles. The van der Waals surface area contributed by atoms with Gasteiger partial charge < -0.3 is 4.90 Å². The smallest absolute Gasteiger partial charge is 0.236 e. The summed E-state index contributed by atoms with van der Waals surface area (Å²) in [6.07, 6.45) is 5.05. The lowest BCUT2D eigenvalue weighted by molar-refractivity contribution is -0.130. The van der Waals surface area contributed by atoms with Crippen molar-refractivity contribution < 1.29 is 4.79 Å². The molecule has 4 nitrogen and oxygen atoms in total. The Morgan fingerprint density at radius 1 is 1.67 bits per heavy atom. The fourth-order valence-corrected chi connectivity index (χ4v) is 1.13. The van der Waals surface area contributed by atoms with Gasteiger partial charge in [-0.2, -0.15) is 5.26 Å². The van der Waals surface area contributed by atoms with E-state index < -0.39 is 0 Å². The summed E-state index contributed by atoms with van der Waals surface area (Å²) in [4.78, 5) is 13.2. The van der Waals surface area contributed by atoms with E-state index in [1.165, 1.54) is 0 Å². The quantitative estimate of drug-likeness (QED) is 0.500. The Morgan fingerprint density at radius 3 is 2.80 bits per heavy atom. The summed E-state index contributed by atoms with van der Waals surface area (Å²) in [5, 5.41) is 11.5. The van der Waals surface area contributed by atoms with E-state index in [0.29, 0.717) is 19.6 Å². The van der Waals surface area contributed by atoms with E-state index in [0.717, 1.165) is 0 Å². The van der Waals surface area contributed by atoms with Crippen molar-refractivity contribution in [3.63, 3.8) is 0 Å². The Morgan fingerprint density at radius 2 is 2.33 bits per heavy atom. The third kappa shape index (κ3) is 5.72. The number of hydrogen-bond donors (Lipinski definition) is 1. The molecule has 0 aromatic rings. The molecule has 0 saturated heterocycles. The minimum absolute atomic E-state index is 0.0187. The molecular weight excluding hydrogens is 190 g/mol. The van der Waals surface area contributed by atoms with Crippen molar-refractivity contribution in [3.8, 4) is 18.4 Å². The summed E-state index contributed by atoms with van der Waals surface area (Å²) in [5.41, 5.74) is 0. The predicted molar refractivity (Wildman–Crippen MR) is 58.7 cm³/mol. The summed E-state index contributed by atoms with van der Waals surface area (Å²) in [6, 6.07) is 2.11. The van der Waals surface area contributed by atoms with Crippen LogP contribution in [0.25, 0.3) is 0 Å². The van der Waals surface area contributed by atoms with E-state index in [4.69, 9.17) is 11.7 Å². The zero-order valence-corrected chi connectivity index (χ0v) is 9.29. The lowest BCUT2D eigenvalue weighted by Gasteiger charge is -2.21. The van der Waals surface area contributed by atoms with Gasteiger partial charge in [-0.3, -0.25) is 10.1 Å². The molecule has 4 heteroatoms. The molecule has 0 spiro atoms. The fourth-order valence-electron chi connectivity index (χ4n) is 1.13. The van der Waals surface area contributed by atoms with Crippen LogP contribution >= 0.6 is 0 Å². The SMILES string of the molecule is C#CCNCC(=O)N(CC)CC(C)C#N. The molecule has 1 N–H and O–H groups in total. The van der Waals surface area contributed by atoms with E-state index >= 15 is 0 Å². The Kier molecular flexibility index (Phi) is 7.05. The van der Waals surface area contributed by atoms with Gasteiger partial charge in [0.05, 0.1) is 25.1 Å². The molecule has 0 aliphatic carbocycles. The molecule has 0 aromatic heterocycles. The molecule has 15 heavy (non-hydrogen) atoms. The van der Waals surface area contributed by atoms with Crippen molar-refractivity contribution in [2.75, 3.05) is 26.2 Å². The van der Waals surface area contributed by atoms with Crippen LogP contribution in [0.3, 0.4) is 0 Å². The van der Waals surface area contributed by atoms with Crippen molar-refractivity contribution in [1.29, 1.82) is 5.26 Å². The van der Waals surface area contributed by atoms with Crippen molar-refractivity contribution >= 4 is 5.91 Å². The highest BCUT2D eigenvalue weighted by Gasteiger charge is 2.13. The average Bonchev–Trinajstić information content (AvgIpc) is 2.25. The van der Waals surface area contributed by atoms with Gasteiger partial charge in [-0.05, 0) is 13.8 Å². The molecule has 1 amide bonds. The first kappa shape index (κ1) is 13.5. The van der Waals surface area contributed by atoms with Crippen LogP contribution in [0, 0.1) is 29.6 Å². The highest BCUT2D eigenvalue weighted by molar-refractivity contribution is 5.78. The topological polar surface area (TPSA) is 56.1 Å². The zero-order chi connectivity index (χ0) is 11.7. The van der Waals surface area contributed by atoms with Gasteiger partial charge in [0, 0.05) is 13.1 Å². The first-order valence-corrected chi connectivity index (χ1v) is 4.97. The second kappa shape index (κ2) is 7.84. The number of hydrogen-bond acceptors (Lipinski definition) is 3. The zero-order valence-electron chi connectivity index (χ0n) is 9.29. The number of carbonyl (C=O) groups is 1. The second-order valence-electron chi connectivity index (χ2n) is 3.27. The Hall–Kier alpha value is -1.52. The van der Waals surface area contributed by atoms with Crippen molar-refractivity contribution in [2.24, 2.45) is 5.92 Å². The predicted octanol–water partition coefficient (Wildman–Crippen LogP) is 0.217. The van der Waals surface area contributed by atoms with Crippen LogP contribution in [0.5, 0.6) is 0 Å². The minimum atomic E-state index is -0.137. The second-order valence-corrected chi connectivity index (χ2v) is 3.27. The molecular formula is C11H17N3O. The van der Waals surface area contributed by atoms with E-state index in [1.54, 1.807) is 11.8 Å². The first-order valence-electron chi connectivity index (χ1n) is 4.97. The standard InChI is InChI=1S/C11H17N3O/c1-4-6-13-8-11(15)14(5-2)9-10(3)7-12/h1,10,13H,5-6,8-9H2,2-3H3. The van der Waals surface area contributed by atoms with Gasteiger partial charge >= 0.3 is 0 Å². The molecule has 0 radical (unpaired) electrons. The summed E-state index contributed by atoms with van der Waals surface area (Å²) < 4.78 is 0. The monoisotopic (exact) mass is 207 g/mol. The summed E-state index contributed by atoms with van der Waals surface area (Å²) in [6.45, 7) is 5.40. The maximum absolute atomic E-state index is 11.6. The number of nitriles is 1. The highest BCUT2D eigenvalue weighted by Crippen LogP contribution is 1.98. The fraction of sp³-hybridized carbons (Fsp3) is 0.636. The number of likely N-dealkylation sites (N-methyl/N-ethyl adjacent to an activating group) is 1. The van der Waals surface area contributed by atoms with Crippen LogP contribution < -0.4 is 5.32 Å². The van der Waals surface area contributed by atoms with Crippen LogP contribution in [0.1, 0.15) is 13.8 Å². The van der Waals surface area contributed by atoms with Gasteiger partial charge in [-0.15, -0.1) is 6.42 Å². The van der Waals surface area contributed by atoms with Gasteiger partial charge in [0.15, 0.2) is 0 Å². The van der Waals surface area contributed by atoms with Crippen molar-refractivity contribution in [1.82, 2.24) is 10.2 Å². The molecule has 0 rings (SSSR count). The largest absolute Gasteiger partial charge is 0.341 e. The van der Waals surface area contributed by atoms with E-state index in [-0.39, 0.29) is 18.4 Å². The third-order valence-electron chi connectivity index (χ3n) is 1.95. The molecule has 82 valence electrons. The van der Waals surface area contributed by atoms with Gasteiger partial charge in [0.2, 0.25) is 5.91 Å². The molecule has 0 aliphatic heterocycles. The molecule has 0 saturated carbocycles. The summed E-state index contributed by atoms with van der Waals surface area (Å²) >= 11 is 0.